The van der Waals surface area contributed by atoms with E-state index in [4.69, 9.17) is 0 Å². The highest BCUT2D eigenvalue weighted by molar-refractivity contribution is 5.74. The highest BCUT2D eigenvalue weighted by atomic mass is 15.0. The molecule has 1 aliphatic heterocycles. The molecule has 0 fully saturated rings. The number of fused-ring (bicyclic) bond motifs is 1. The largest absolute Gasteiger partial charge is 0.276 e. The molecule has 0 amide bonds. The Morgan fingerprint density at radius 3 is 3.10 bits per heavy atom. The lowest BCUT2D eigenvalue weighted by molar-refractivity contribution is -0.471. The summed E-state index contributed by atoms with van der Waals surface area (Å²) in [6.45, 7) is 0.934. The molecular formula is C8H9N2+. The fourth-order valence-electron chi connectivity index (χ4n) is 1.11. The van der Waals surface area contributed by atoms with Crippen molar-refractivity contribution < 1.29 is 4.99 Å². The van der Waals surface area contributed by atoms with Crippen molar-refractivity contribution in [3.05, 3.63) is 29.8 Å². The fraction of sp³-hybridized carbons (Fsp3) is 0.125. The highest BCUT2D eigenvalue weighted by Gasteiger charge is 2.06. The predicted octanol–water partition coefficient (Wildman–Crippen LogP) is -0.279. The SMILES string of the molecule is C1=[NH+]Cc2ccccc2N1. The van der Waals surface area contributed by atoms with Crippen molar-refractivity contribution in [2.45, 2.75) is 6.54 Å². The van der Waals surface area contributed by atoms with E-state index < -0.39 is 0 Å². The molecule has 2 nitrogen and oxygen atoms in total. The van der Waals surface area contributed by atoms with E-state index in [1.165, 1.54) is 11.3 Å². The van der Waals surface area contributed by atoms with Crippen LogP contribution in [0.3, 0.4) is 0 Å². The molecule has 10 heavy (non-hydrogen) atoms. The monoisotopic (exact) mass is 133 g/mol. The van der Waals surface area contributed by atoms with Crippen LogP contribution < -0.4 is 10.3 Å². The van der Waals surface area contributed by atoms with Crippen molar-refractivity contribution in [1.82, 2.24) is 0 Å². The number of hydrogen-bond donors (Lipinski definition) is 2. The first-order valence-corrected chi connectivity index (χ1v) is 3.36. The maximum Gasteiger partial charge on any atom is 0.235 e. The molecule has 50 valence electrons. The van der Waals surface area contributed by atoms with Gasteiger partial charge in [0.2, 0.25) is 6.34 Å². The van der Waals surface area contributed by atoms with Crippen LogP contribution in [0.25, 0.3) is 0 Å². The lowest BCUT2D eigenvalue weighted by atomic mass is 10.1. The Kier molecular flexibility index (Phi) is 1.17. The smallest absolute Gasteiger partial charge is 0.235 e. The van der Waals surface area contributed by atoms with Crippen LogP contribution in [0.2, 0.25) is 0 Å². The fourth-order valence-corrected chi connectivity index (χ4v) is 1.11. The second kappa shape index (κ2) is 2.14. The molecule has 2 heteroatoms. The number of rotatable bonds is 0. The van der Waals surface area contributed by atoms with Crippen LogP contribution in [0.1, 0.15) is 5.56 Å². The third kappa shape index (κ3) is 0.778. The summed E-state index contributed by atoms with van der Waals surface area (Å²) >= 11 is 0. The van der Waals surface area contributed by atoms with Crippen LogP contribution in [0.15, 0.2) is 24.3 Å². The Labute approximate surface area is 59.6 Å². The topological polar surface area (TPSA) is 26.0 Å². The van der Waals surface area contributed by atoms with Crippen LogP contribution in [0.4, 0.5) is 5.69 Å². The summed E-state index contributed by atoms with van der Waals surface area (Å²) in [5.41, 5.74) is 2.53. The molecule has 0 atom stereocenters. The van der Waals surface area contributed by atoms with E-state index in [0.717, 1.165) is 6.54 Å². The Balaban J connectivity index is 2.47. The normalized spacial score (nSPS) is 14.0. The van der Waals surface area contributed by atoms with Gasteiger partial charge in [0.1, 0.15) is 12.2 Å². The zero-order valence-electron chi connectivity index (χ0n) is 5.59. The number of anilines is 1. The molecule has 0 aliphatic carbocycles. The van der Waals surface area contributed by atoms with E-state index in [9.17, 15) is 0 Å². The Morgan fingerprint density at radius 1 is 1.30 bits per heavy atom. The molecule has 1 aromatic carbocycles. The van der Waals surface area contributed by atoms with E-state index in [-0.39, 0.29) is 0 Å². The van der Waals surface area contributed by atoms with Crippen molar-refractivity contribution in [3.63, 3.8) is 0 Å². The minimum absolute atomic E-state index is 0.934. The van der Waals surface area contributed by atoms with Gasteiger partial charge in [-0.25, -0.2) is 5.32 Å². The van der Waals surface area contributed by atoms with Gasteiger partial charge in [0, 0.05) is 5.56 Å². The molecule has 1 aliphatic rings. The first-order chi connectivity index (χ1) is 4.97. The average molecular weight is 133 g/mol. The molecule has 2 rings (SSSR count). The molecule has 0 saturated carbocycles. The second-order valence-electron chi connectivity index (χ2n) is 2.33. The molecule has 0 spiro atoms. The predicted molar refractivity (Wildman–Crippen MR) is 40.8 cm³/mol. The lowest BCUT2D eigenvalue weighted by Gasteiger charge is -2.04. The Morgan fingerprint density at radius 2 is 2.20 bits per heavy atom. The molecule has 1 heterocycles. The van der Waals surface area contributed by atoms with Gasteiger partial charge in [-0.1, -0.05) is 18.2 Å². The van der Waals surface area contributed by atoms with E-state index in [1.807, 2.05) is 18.5 Å². The van der Waals surface area contributed by atoms with Gasteiger partial charge in [0.25, 0.3) is 0 Å². The zero-order chi connectivity index (χ0) is 6.81. The lowest BCUT2D eigenvalue weighted by Crippen LogP contribution is -2.69. The summed E-state index contributed by atoms with van der Waals surface area (Å²) < 4.78 is 0. The van der Waals surface area contributed by atoms with Gasteiger partial charge < -0.3 is 0 Å². The van der Waals surface area contributed by atoms with E-state index in [1.54, 1.807) is 0 Å². The van der Waals surface area contributed by atoms with Gasteiger partial charge in [-0.2, -0.15) is 0 Å². The number of para-hydroxylation sites is 1. The van der Waals surface area contributed by atoms with E-state index >= 15 is 0 Å². The van der Waals surface area contributed by atoms with Crippen LogP contribution >= 0.6 is 0 Å². The maximum absolute atomic E-state index is 3.13. The van der Waals surface area contributed by atoms with Crippen molar-refractivity contribution in [2.75, 3.05) is 5.32 Å². The van der Waals surface area contributed by atoms with Crippen molar-refractivity contribution in [3.8, 4) is 0 Å². The Hall–Kier alpha value is -1.31. The van der Waals surface area contributed by atoms with Crippen LogP contribution in [-0.4, -0.2) is 6.34 Å². The summed E-state index contributed by atoms with van der Waals surface area (Å²) in [5.74, 6) is 0. The highest BCUT2D eigenvalue weighted by Crippen LogP contribution is 2.12. The van der Waals surface area contributed by atoms with Crippen LogP contribution in [0.5, 0.6) is 0 Å². The second-order valence-corrected chi connectivity index (χ2v) is 2.33. The molecule has 2 N–H and O–H groups in total. The van der Waals surface area contributed by atoms with Crippen LogP contribution in [0, 0.1) is 0 Å². The molecule has 0 radical (unpaired) electrons. The van der Waals surface area contributed by atoms with Gasteiger partial charge in [-0.3, -0.25) is 4.99 Å². The third-order valence-corrected chi connectivity index (χ3v) is 1.64. The average Bonchev–Trinajstić information content (AvgIpc) is 2.05. The number of benzene rings is 1. The van der Waals surface area contributed by atoms with Crippen LogP contribution in [-0.2, 0) is 6.54 Å². The number of nitrogens with one attached hydrogen (secondary N) is 2. The molecule has 0 saturated heterocycles. The van der Waals surface area contributed by atoms with Crippen molar-refractivity contribution in [1.29, 1.82) is 0 Å². The molecule has 0 unspecified atom stereocenters. The first kappa shape index (κ1) is 5.47. The molecule has 0 aromatic heterocycles. The summed E-state index contributed by atoms with van der Waals surface area (Å²) in [7, 11) is 0. The van der Waals surface area contributed by atoms with E-state index in [2.05, 4.69) is 22.4 Å². The van der Waals surface area contributed by atoms with Gasteiger partial charge >= 0.3 is 0 Å². The summed E-state index contributed by atoms with van der Waals surface area (Å²) in [4.78, 5) is 3.10. The quantitative estimate of drug-likeness (QED) is 0.500. The third-order valence-electron chi connectivity index (χ3n) is 1.64. The summed E-state index contributed by atoms with van der Waals surface area (Å²) in [6, 6.07) is 8.27. The Bertz CT molecular complexity index is 239. The van der Waals surface area contributed by atoms with Gasteiger partial charge in [-0.15, -0.1) is 0 Å². The standard InChI is InChI=1S/C8H8N2/c1-2-4-8-7(3-1)5-9-6-10-8/h1-4,6H,5H2,(H,9,10)/p+1. The zero-order valence-corrected chi connectivity index (χ0v) is 5.59. The molecule has 1 aromatic rings. The van der Waals surface area contributed by atoms with Gasteiger partial charge in [-0.05, 0) is 6.07 Å². The van der Waals surface area contributed by atoms with Crippen molar-refractivity contribution in [2.24, 2.45) is 0 Å². The minimum Gasteiger partial charge on any atom is -0.276 e. The van der Waals surface area contributed by atoms with Crippen molar-refractivity contribution >= 4 is 12.0 Å². The van der Waals surface area contributed by atoms with Gasteiger partial charge in [0.15, 0.2) is 0 Å². The minimum atomic E-state index is 0.934. The first-order valence-electron chi connectivity index (χ1n) is 3.36. The van der Waals surface area contributed by atoms with Gasteiger partial charge in [0.05, 0.1) is 0 Å². The summed E-state index contributed by atoms with van der Waals surface area (Å²) in [6.07, 6.45) is 1.86. The molecule has 0 bridgehead atoms. The number of hydrogen-bond acceptors (Lipinski definition) is 1. The maximum atomic E-state index is 3.13. The van der Waals surface area contributed by atoms with E-state index in [0.29, 0.717) is 0 Å². The summed E-state index contributed by atoms with van der Waals surface area (Å²) in [5, 5.41) is 3.13. The molecular weight excluding hydrogens is 124 g/mol.